The van der Waals surface area contributed by atoms with Crippen molar-refractivity contribution in [3.63, 3.8) is 0 Å². The zero-order valence-corrected chi connectivity index (χ0v) is 11.5. The second-order valence-corrected chi connectivity index (χ2v) is 5.51. The molecule has 6 nitrogen and oxygen atoms in total. The molecule has 1 atom stereocenters. The SMILES string of the molecule is CNCc1cn(C2CCOC3(CCOCC3)C2)nn1. The zero-order valence-electron chi connectivity index (χ0n) is 11.5. The van der Waals surface area contributed by atoms with Crippen LogP contribution in [0.1, 0.15) is 37.4 Å². The first-order valence-electron chi connectivity index (χ1n) is 7.08. The lowest BCUT2D eigenvalue weighted by Crippen LogP contribution is -2.44. The normalized spacial score (nSPS) is 26.7. The monoisotopic (exact) mass is 266 g/mol. The Morgan fingerprint density at radius 1 is 1.42 bits per heavy atom. The third-order valence-electron chi connectivity index (χ3n) is 4.16. The molecule has 3 rings (SSSR count). The molecule has 19 heavy (non-hydrogen) atoms. The van der Waals surface area contributed by atoms with E-state index >= 15 is 0 Å². The smallest absolute Gasteiger partial charge is 0.0964 e. The van der Waals surface area contributed by atoms with Crippen LogP contribution in [0.5, 0.6) is 0 Å². The van der Waals surface area contributed by atoms with Crippen LogP contribution in [0.4, 0.5) is 0 Å². The van der Waals surface area contributed by atoms with Crippen LogP contribution < -0.4 is 5.32 Å². The van der Waals surface area contributed by atoms with Crippen molar-refractivity contribution >= 4 is 0 Å². The van der Waals surface area contributed by atoms with Crippen molar-refractivity contribution in [3.05, 3.63) is 11.9 Å². The van der Waals surface area contributed by atoms with E-state index in [9.17, 15) is 0 Å². The Labute approximate surface area is 113 Å². The summed E-state index contributed by atoms with van der Waals surface area (Å²) < 4.78 is 13.5. The van der Waals surface area contributed by atoms with Crippen molar-refractivity contribution in [2.75, 3.05) is 26.9 Å². The molecule has 3 heterocycles. The summed E-state index contributed by atoms with van der Waals surface area (Å²) in [6.45, 7) is 3.21. The summed E-state index contributed by atoms with van der Waals surface area (Å²) in [5.41, 5.74) is 1.01. The topological polar surface area (TPSA) is 61.2 Å². The second kappa shape index (κ2) is 5.56. The number of hydrogen-bond donors (Lipinski definition) is 1. The molecule has 1 N–H and O–H groups in total. The summed E-state index contributed by atoms with van der Waals surface area (Å²) in [5.74, 6) is 0. The lowest BCUT2D eigenvalue weighted by Gasteiger charge is -2.43. The van der Waals surface area contributed by atoms with Gasteiger partial charge >= 0.3 is 0 Å². The lowest BCUT2D eigenvalue weighted by molar-refractivity contribution is -0.145. The summed E-state index contributed by atoms with van der Waals surface area (Å²) in [6.07, 6.45) is 6.10. The van der Waals surface area contributed by atoms with Crippen LogP contribution in [0, 0.1) is 0 Å². The van der Waals surface area contributed by atoms with Gasteiger partial charge in [-0.1, -0.05) is 5.21 Å². The number of rotatable bonds is 3. The highest BCUT2D eigenvalue weighted by atomic mass is 16.5. The van der Waals surface area contributed by atoms with Crippen LogP contribution in [-0.2, 0) is 16.0 Å². The molecular formula is C13H22N4O2. The van der Waals surface area contributed by atoms with Crippen molar-refractivity contribution in [3.8, 4) is 0 Å². The predicted molar refractivity (Wildman–Crippen MR) is 69.8 cm³/mol. The van der Waals surface area contributed by atoms with Gasteiger partial charge in [0.25, 0.3) is 0 Å². The molecule has 1 aromatic rings. The van der Waals surface area contributed by atoms with Crippen LogP contribution in [0.2, 0.25) is 0 Å². The first-order chi connectivity index (χ1) is 9.31. The fraction of sp³-hybridized carbons (Fsp3) is 0.846. The molecular weight excluding hydrogens is 244 g/mol. The van der Waals surface area contributed by atoms with E-state index in [2.05, 4.69) is 21.8 Å². The van der Waals surface area contributed by atoms with Crippen LogP contribution in [0.25, 0.3) is 0 Å². The summed E-state index contributed by atoms with van der Waals surface area (Å²) in [6, 6.07) is 0.407. The van der Waals surface area contributed by atoms with Gasteiger partial charge in [0.2, 0.25) is 0 Å². The Morgan fingerprint density at radius 3 is 3.05 bits per heavy atom. The number of hydrogen-bond acceptors (Lipinski definition) is 5. The van der Waals surface area contributed by atoms with Crippen LogP contribution in [0.15, 0.2) is 6.20 Å². The molecule has 1 aromatic heterocycles. The Kier molecular flexibility index (Phi) is 3.81. The third-order valence-corrected chi connectivity index (χ3v) is 4.16. The minimum absolute atomic E-state index is 0.0102. The van der Waals surface area contributed by atoms with Gasteiger partial charge < -0.3 is 14.8 Å². The minimum atomic E-state index is 0.0102. The molecule has 2 aliphatic heterocycles. The minimum Gasteiger partial charge on any atom is -0.381 e. The molecule has 2 saturated heterocycles. The van der Waals surface area contributed by atoms with Gasteiger partial charge in [-0.25, -0.2) is 4.68 Å². The zero-order chi connectivity index (χ0) is 13.1. The standard InChI is InChI=1S/C13H22N4O2/c1-14-9-11-10-17(16-15-11)12-2-5-19-13(8-12)3-6-18-7-4-13/h10,12,14H,2-9H2,1H3. The number of nitrogens with zero attached hydrogens (tertiary/aromatic N) is 3. The molecule has 2 fully saturated rings. The Morgan fingerprint density at radius 2 is 2.26 bits per heavy atom. The van der Waals surface area contributed by atoms with E-state index in [4.69, 9.17) is 9.47 Å². The Bertz CT molecular complexity index is 409. The highest BCUT2D eigenvalue weighted by molar-refractivity contribution is 4.96. The van der Waals surface area contributed by atoms with Crippen LogP contribution in [0.3, 0.4) is 0 Å². The molecule has 1 unspecified atom stereocenters. The second-order valence-electron chi connectivity index (χ2n) is 5.51. The maximum atomic E-state index is 6.06. The van der Waals surface area contributed by atoms with E-state index in [-0.39, 0.29) is 5.60 Å². The van der Waals surface area contributed by atoms with E-state index in [1.807, 2.05) is 11.7 Å². The first-order valence-corrected chi connectivity index (χ1v) is 7.08. The van der Waals surface area contributed by atoms with E-state index < -0.39 is 0 Å². The van der Waals surface area contributed by atoms with Crippen molar-refractivity contribution in [2.24, 2.45) is 0 Å². The fourth-order valence-corrected chi connectivity index (χ4v) is 3.07. The van der Waals surface area contributed by atoms with Gasteiger partial charge in [-0.15, -0.1) is 5.10 Å². The summed E-state index contributed by atoms with van der Waals surface area (Å²) in [7, 11) is 1.92. The third kappa shape index (κ3) is 2.80. The largest absolute Gasteiger partial charge is 0.381 e. The summed E-state index contributed by atoms with van der Waals surface area (Å²) in [5, 5.41) is 11.6. The molecule has 0 bridgehead atoms. The average molecular weight is 266 g/mol. The molecule has 106 valence electrons. The lowest BCUT2D eigenvalue weighted by atomic mass is 9.84. The summed E-state index contributed by atoms with van der Waals surface area (Å²) in [4.78, 5) is 0. The van der Waals surface area contributed by atoms with Gasteiger partial charge in [-0.2, -0.15) is 0 Å². The molecule has 0 aromatic carbocycles. The van der Waals surface area contributed by atoms with Crippen molar-refractivity contribution in [2.45, 2.75) is 43.9 Å². The Balaban J connectivity index is 1.69. The molecule has 0 saturated carbocycles. The summed E-state index contributed by atoms with van der Waals surface area (Å²) >= 11 is 0. The van der Waals surface area contributed by atoms with E-state index in [1.54, 1.807) is 0 Å². The quantitative estimate of drug-likeness (QED) is 0.880. The molecule has 0 radical (unpaired) electrons. The van der Waals surface area contributed by atoms with Gasteiger partial charge in [-0.3, -0.25) is 0 Å². The predicted octanol–water partition coefficient (Wildman–Crippen LogP) is 0.898. The van der Waals surface area contributed by atoms with E-state index in [0.717, 1.165) is 57.7 Å². The number of aromatic nitrogens is 3. The molecule has 1 spiro atoms. The first kappa shape index (κ1) is 13.0. The van der Waals surface area contributed by atoms with Gasteiger partial charge in [0, 0.05) is 26.4 Å². The highest BCUT2D eigenvalue weighted by Gasteiger charge is 2.39. The van der Waals surface area contributed by atoms with Crippen molar-refractivity contribution < 1.29 is 9.47 Å². The number of nitrogens with one attached hydrogen (secondary N) is 1. The van der Waals surface area contributed by atoms with Gasteiger partial charge in [0.1, 0.15) is 0 Å². The van der Waals surface area contributed by atoms with Crippen LogP contribution >= 0.6 is 0 Å². The van der Waals surface area contributed by atoms with Gasteiger partial charge in [-0.05, 0) is 32.7 Å². The number of ether oxygens (including phenoxy) is 2. The molecule has 0 aliphatic carbocycles. The highest BCUT2D eigenvalue weighted by Crippen LogP contribution is 2.38. The fourth-order valence-electron chi connectivity index (χ4n) is 3.07. The molecule has 2 aliphatic rings. The average Bonchev–Trinajstić information content (AvgIpc) is 2.89. The molecule has 0 amide bonds. The van der Waals surface area contributed by atoms with Crippen LogP contribution in [-0.4, -0.2) is 47.5 Å². The molecule has 6 heteroatoms. The van der Waals surface area contributed by atoms with Crippen molar-refractivity contribution in [1.82, 2.24) is 20.3 Å². The Hall–Kier alpha value is -0.980. The van der Waals surface area contributed by atoms with Crippen molar-refractivity contribution in [1.29, 1.82) is 0 Å². The van der Waals surface area contributed by atoms with E-state index in [0.29, 0.717) is 6.04 Å². The van der Waals surface area contributed by atoms with E-state index in [1.165, 1.54) is 0 Å². The maximum Gasteiger partial charge on any atom is 0.0964 e. The maximum absolute atomic E-state index is 6.06. The van der Waals surface area contributed by atoms with Gasteiger partial charge in [0.15, 0.2) is 0 Å². The van der Waals surface area contributed by atoms with Gasteiger partial charge in [0.05, 0.1) is 23.5 Å².